The third-order valence-electron chi connectivity index (χ3n) is 1.77. The first kappa shape index (κ1) is 11.0. The number of aryl methyl sites for hydroxylation is 1. The molecule has 0 aliphatic carbocycles. The van der Waals surface area contributed by atoms with Crippen LogP contribution in [0.5, 0.6) is 0 Å². The lowest BCUT2D eigenvalue weighted by Gasteiger charge is -2.05. The summed E-state index contributed by atoms with van der Waals surface area (Å²) in [6.45, 7) is 5.98. The number of nitrogens with one attached hydrogen (secondary N) is 1. The molecule has 0 fully saturated rings. The van der Waals surface area contributed by atoms with E-state index in [1.165, 1.54) is 0 Å². The van der Waals surface area contributed by atoms with E-state index in [1.54, 1.807) is 6.08 Å². The first-order valence-electron chi connectivity index (χ1n) is 4.30. The molecule has 0 spiro atoms. The molecule has 1 amide bonds. The maximum atomic E-state index is 11.6. The molecule has 0 saturated heterocycles. The fourth-order valence-electron chi connectivity index (χ4n) is 1.07. The number of hydrogen-bond donors (Lipinski definition) is 1. The third-order valence-corrected chi connectivity index (χ3v) is 2.46. The van der Waals surface area contributed by atoms with Gasteiger partial charge in [-0.1, -0.05) is 17.7 Å². The Kier molecular flexibility index (Phi) is 3.89. The molecule has 0 aliphatic heterocycles. The van der Waals surface area contributed by atoms with Crippen molar-refractivity contribution in [3.63, 3.8) is 0 Å². The van der Waals surface area contributed by atoms with Crippen molar-refractivity contribution < 1.29 is 4.79 Å². The summed E-state index contributed by atoms with van der Waals surface area (Å²) in [7, 11) is 0. The van der Waals surface area contributed by atoms with Crippen molar-refractivity contribution in [3.05, 3.63) is 46.5 Å². The zero-order valence-electron chi connectivity index (χ0n) is 8.01. The van der Waals surface area contributed by atoms with Gasteiger partial charge in [-0.3, -0.25) is 4.79 Å². The topological polar surface area (TPSA) is 29.1 Å². The molecular formula is C11H12BrNO. The third kappa shape index (κ3) is 2.70. The number of carbonyl (C=O) groups excluding carboxylic acids is 1. The number of amides is 1. The Bertz CT molecular complexity index is 360. The Hall–Kier alpha value is -1.09. The quantitative estimate of drug-likeness (QED) is 0.825. The SMILES string of the molecule is C=CCNC(=O)c1cc(C)ccc1Br. The Morgan fingerprint density at radius 1 is 1.64 bits per heavy atom. The maximum Gasteiger partial charge on any atom is 0.252 e. The van der Waals surface area contributed by atoms with Gasteiger partial charge in [0.15, 0.2) is 0 Å². The fraction of sp³-hybridized carbons (Fsp3) is 0.182. The van der Waals surface area contributed by atoms with Gasteiger partial charge in [-0.05, 0) is 35.0 Å². The smallest absolute Gasteiger partial charge is 0.252 e. The maximum absolute atomic E-state index is 11.6. The van der Waals surface area contributed by atoms with Crippen molar-refractivity contribution in [2.24, 2.45) is 0 Å². The highest BCUT2D eigenvalue weighted by molar-refractivity contribution is 9.10. The van der Waals surface area contributed by atoms with Gasteiger partial charge in [-0.2, -0.15) is 0 Å². The average Bonchev–Trinajstić information content (AvgIpc) is 2.18. The fourth-order valence-corrected chi connectivity index (χ4v) is 1.50. The second-order valence-corrected chi connectivity index (χ2v) is 3.84. The number of benzene rings is 1. The van der Waals surface area contributed by atoms with Crippen molar-refractivity contribution in [2.75, 3.05) is 6.54 Å². The molecule has 1 rings (SSSR count). The molecule has 1 aromatic carbocycles. The van der Waals surface area contributed by atoms with E-state index in [9.17, 15) is 4.79 Å². The van der Waals surface area contributed by atoms with Crippen LogP contribution in [-0.4, -0.2) is 12.5 Å². The summed E-state index contributed by atoms with van der Waals surface area (Å²) in [5.41, 5.74) is 1.73. The Morgan fingerprint density at radius 3 is 3.00 bits per heavy atom. The molecule has 1 aromatic rings. The van der Waals surface area contributed by atoms with Crippen LogP contribution in [0.2, 0.25) is 0 Å². The first-order chi connectivity index (χ1) is 6.65. The van der Waals surface area contributed by atoms with Crippen LogP contribution in [0, 0.1) is 6.92 Å². The van der Waals surface area contributed by atoms with Crippen LogP contribution in [0.25, 0.3) is 0 Å². The van der Waals surface area contributed by atoms with Crippen LogP contribution >= 0.6 is 15.9 Å². The van der Waals surface area contributed by atoms with E-state index in [0.29, 0.717) is 12.1 Å². The van der Waals surface area contributed by atoms with Crippen LogP contribution in [0.3, 0.4) is 0 Å². The Labute approximate surface area is 92.1 Å². The van der Waals surface area contributed by atoms with Crippen molar-refractivity contribution in [1.29, 1.82) is 0 Å². The summed E-state index contributed by atoms with van der Waals surface area (Å²) in [6, 6.07) is 5.68. The van der Waals surface area contributed by atoms with E-state index in [4.69, 9.17) is 0 Å². The van der Waals surface area contributed by atoms with Gasteiger partial charge in [0, 0.05) is 11.0 Å². The van der Waals surface area contributed by atoms with Crippen molar-refractivity contribution in [2.45, 2.75) is 6.92 Å². The molecule has 0 bridgehead atoms. The predicted molar refractivity (Wildman–Crippen MR) is 61.4 cm³/mol. The van der Waals surface area contributed by atoms with Gasteiger partial charge in [-0.25, -0.2) is 0 Å². The lowest BCUT2D eigenvalue weighted by atomic mass is 10.1. The molecule has 0 heterocycles. The zero-order valence-corrected chi connectivity index (χ0v) is 9.60. The molecule has 0 unspecified atom stereocenters. The van der Waals surface area contributed by atoms with Gasteiger partial charge >= 0.3 is 0 Å². The summed E-state index contributed by atoms with van der Waals surface area (Å²) in [5, 5.41) is 2.73. The van der Waals surface area contributed by atoms with E-state index < -0.39 is 0 Å². The highest BCUT2D eigenvalue weighted by atomic mass is 79.9. The lowest BCUT2D eigenvalue weighted by Crippen LogP contribution is -2.23. The summed E-state index contributed by atoms with van der Waals surface area (Å²) < 4.78 is 0.810. The largest absolute Gasteiger partial charge is 0.349 e. The number of halogens is 1. The zero-order chi connectivity index (χ0) is 10.6. The molecule has 74 valence electrons. The van der Waals surface area contributed by atoms with E-state index in [0.717, 1.165) is 10.0 Å². The highest BCUT2D eigenvalue weighted by Gasteiger charge is 2.08. The van der Waals surface area contributed by atoms with Crippen LogP contribution in [0.1, 0.15) is 15.9 Å². The monoisotopic (exact) mass is 253 g/mol. The standard InChI is InChI=1S/C11H12BrNO/c1-3-6-13-11(14)9-7-8(2)4-5-10(9)12/h3-5,7H,1,6H2,2H3,(H,13,14). The Morgan fingerprint density at radius 2 is 2.36 bits per heavy atom. The molecule has 2 nitrogen and oxygen atoms in total. The molecule has 0 atom stereocenters. The second-order valence-electron chi connectivity index (χ2n) is 2.98. The molecule has 3 heteroatoms. The minimum absolute atomic E-state index is 0.0829. The molecule has 0 aliphatic rings. The lowest BCUT2D eigenvalue weighted by molar-refractivity contribution is 0.0957. The predicted octanol–water partition coefficient (Wildman–Crippen LogP) is 2.67. The van der Waals surface area contributed by atoms with Gasteiger partial charge in [0.2, 0.25) is 0 Å². The van der Waals surface area contributed by atoms with Gasteiger partial charge in [-0.15, -0.1) is 6.58 Å². The van der Waals surface area contributed by atoms with Crippen LogP contribution in [0.4, 0.5) is 0 Å². The Balaban J connectivity index is 2.88. The molecule has 0 saturated carbocycles. The molecule has 1 N–H and O–H groups in total. The van der Waals surface area contributed by atoms with Crippen LogP contribution in [-0.2, 0) is 0 Å². The minimum Gasteiger partial charge on any atom is -0.349 e. The summed E-state index contributed by atoms with van der Waals surface area (Å²) >= 11 is 3.34. The van der Waals surface area contributed by atoms with Crippen molar-refractivity contribution >= 4 is 21.8 Å². The number of rotatable bonds is 3. The summed E-state index contributed by atoms with van der Waals surface area (Å²) in [4.78, 5) is 11.6. The molecule has 0 radical (unpaired) electrons. The summed E-state index contributed by atoms with van der Waals surface area (Å²) in [5.74, 6) is -0.0829. The van der Waals surface area contributed by atoms with E-state index in [2.05, 4.69) is 27.8 Å². The number of hydrogen-bond acceptors (Lipinski definition) is 1. The van der Waals surface area contributed by atoms with Gasteiger partial charge < -0.3 is 5.32 Å². The van der Waals surface area contributed by atoms with Gasteiger partial charge in [0.1, 0.15) is 0 Å². The normalized spacial score (nSPS) is 9.57. The molecular weight excluding hydrogens is 242 g/mol. The average molecular weight is 254 g/mol. The van der Waals surface area contributed by atoms with E-state index in [-0.39, 0.29) is 5.91 Å². The van der Waals surface area contributed by atoms with E-state index in [1.807, 2.05) is 25.1 Å². The summed E-state index contributed by atoms with van der Waals surface area (Å²) in [6.07, 6.45) is 1.65. The molecule has 0 aromatic heterocycles. The van der Waals surface area contributed by atoms with Gasteiger partial charge in [0.05, 0.1) is 5.56 Å². The number of carbonyl (C=O) groups is 1. The highest BCUT2D eigenvalue weighted by Crippen LogP contribution is 2.17. The van der Waals surface area contributed by atoms with Crippen LogP contribution in [0.15, 0.2) is 35.3 Å². The minimum atomic E-state index is -0.0829. The second kappa shape index (κ2) is 4.96. The van der Waals surface area contributed by atoms with E-state index >= 15 is 0 Å². The van der Waals surface area contributed by atoms with Crippen molar-refractivity contribution in [1.82, 2.24) is 5.32 Å². The van der Waals surface area contributed by atoms with Gasteiger partial charge in [0.25, 0.3) is 5.91 Å². The van der Waals surface area contributed by atoms with Crippen LogP contribution < -0.4 is 5.32 Å². The molecule has 14 heavy (non-hydrogen) atoms. The first-order valence-corrected chi connectivity index (χ1v) is 5.09. The van der Waals surface area contributed by atoms with Crippen molar-refractivity contribution in [3.8, 4) is 0 Å².